The fraction of sp³-hybridized carbons (Fsp3) is 0.364. The van der Waals surface area contributed by atoms with Crippen LogP contribution in [0.15, 0.2) is 90.6 Å². The van der Waals surface area contributed by atoms with Gasteiger partial charge in [0.15, 0.2) is 0 Å². The highest BCUT2D eigenvalue weighted by Crippen LogP contribution is 2.43. The second-order valence-corrected chi connectivity index (χ2v) is 14.4. The topological polar surface area (TPSA) is 44.9 Å². The van der Waals surface area contributed by atoms with Gasteiger partial charge in [0, 0.05) is 46.3 Å². The Morgan fingerprint density at radius 3 is 2.41 bits per heavy atom. The summed E-state index contributed by atoms with van der Waals surface area (Å²) < 4.78 is 11.3. The average Bonchev–Trinajstić information content (AvgIpc) is 3.60. The molecular formula is C44H50N4O. The van der Waals surface area contributed by atoms with Crippen LogP contribution in [0.4, 0.5) is 0 Å². The summed E-state index contributed by atoms with van der Waals surface area (Å²) in [6.07, 6.45) is 10.9. The van der Waals surface area contributed by atoms with Crippen LogP contribution < -0.4 is 4.74 Å². The standard InChI is InChI=1S/C44H50N4O/c1-8-13-38-44(43-30(6)15-12-16-31(43)7)40(14-9-2)48(46-38)33-24-32(28(3)4)25-35(26-33)49-34-19-20-37-36-17-10-11-18-39(36)47(41(37)27-34)42-23-29(5)21-22-45-42/h10-11,15,17-28,31,43H,8-9,12-14,16H2,1-7H3/t31-,43+/m0/s1. The highest BCUT2D eigenvalue weighted by molar-refractivity contribution is 6.09. The zero-order valence-corrected chi connectivity index (χ0v) is 30.3. The van der Waals surface area contributed by atoms with Crippen LogP contribution in [0.3, 0.4) is 0 Å². The predicted octanol–water partition coefficient (Wildman–Crippen LogP) is 12.0. The number of rotatable bonds is 10. The smallest absolute Gasteiger partial charge is 0.137 e. The van der Waals surface area contributed by atoms with Crippen LogP contribution in [0.5, 0.6) is 11.5 Å². The SMILES string of the molecule is CCCc1nn(-c2cc(Oc3ccc4c5ccccc5n(-c5cc(C)ccn5)c4c3)cc(C(C)C)c2)c(CCC)c1[C@@H]1C(C)=CCC[C@@H]1C. The van der Waals surface area contributed by atoms with Crippen molar-refractivity contribution < 1.29 is 4.74 Å². The Morgan fingerprint density at radius 2 is 1.65 bits per heavy atom. The molecule has 1 aliphatic carbocycles. The Hall–Kier alpha value is -4.64. The summed E-state index contributed by atoms with van der Waals surface area (Å²) in [5, 5.41) is 7.81. The minimum Gasteiger partial charge on any atom is -0.457 e. The van der Waals surface area contributed by atoms with Gasteiger partial charge >= 0.3 is 0 Å². The maximum absolute atomic E-state index is 6.80. The summed E-state index contributed by atoms with van der Waals surface area (Å²) in [5.41, 5.74) is 11.3. The first-order valence-electron chi connectivity index (χ1n) is 18.3. The predicted molar refractivity (Wildman–Crippen MR) is 204 cm³/mol. The Balaban J connectivity index is 1.36. The molecule has 3 aromatic carbocycles. The highest BCUT2D eigenvalue weighted by Gasteiger charge is 2.31. The van der Waals surface area contributed by atoms with E-state index in [1.807, 2.05) is 12.3 Å². The Morgan fingerprint density at radius 1 is 0.857 bits per heavy atom. The van der Waals surface area contributed by atoms with Gasteiger partial charge in [-0.2, -0.15) is 5.10 Å². The van der Waals surface area contributed by atoms with E-state index in [9.17, 15) is 0 Å². The van der Waals surface area contributed by atoms with Crippen molar-refractivity contribution in [2.45, 2.75) is 98.8 Å². The van der Waals surface area contributed by atoms with E-state index in [4.69, 9.17) is 14.8 Å². The molecule has 6 aromatic rings. The number of nitrogens with zero attached hydrogens (tertiary/aromatic N) is 4. The van der Waals surface area contributed by atoms with Crippen LogP contribution in [0, 0.1) is 12.8 Å². The molecule has 0 unspecified atom stereocenters. The summed E-state index contributed by atoms with van der Waals surface area (Å²) in [4.78, 5) is 4.77. The molecule has 1 aliphatic rings. The van der Waals surface area contributed by atoms with Crippen LogP contribution in [-0.4, -0.2) is 19.3 Å². The molecule has 0 bridgehead atoms. The van der Waals surface area contributed by atoms with E-state index < -0.39 is 0 Å². The third kappa shape index (κ3) is 6.20. The largest absolute Gasteiger partial charge is 0.457 e. The number of aromatic nitrogens is 4. The number of benzene rings is 3. The van der Waals surface area contributed by atoms with E-state index >= 15 is 0 Å². The van der Waals surface area contributed by atoms with Crippen LogP contribution in [-0.2, 0) is 12.8 Å². The number of fused-ring (bicyclic) bond motifs is 3. The molecular weight excluding hydrogens is 601 g/mol. The fourth-order valence-corrected chi connectivity index (χ4v) is 7.98. The molecule has 0 amide bonds. The second-order valence-electron chi connectivity index (χ2n) is 14.4. The normalized spacial score (nSPS) is 16.5. The number of pyridine rings is 1. The molecule has 0 fully saturated rings. The molecule has 0 saturated heterocycles. The molecule has 2 atom stereocenters. The van der Waals surface area contributed by atoms with Crippen molar-refractivity contribution in [2.24, 2.45) is 5.92 Å². The van der Waals surface area contributed by atoms with Gasteiger partial charge in [0.05, 0.1) is 22.4 Å². The highest BCUT2D eigenvalue weighted by atomic mass is 16.5. The summed E-state index contributed by atoms with van der Waals surface area (Å²) in [6, 6.07) is 25.9. The van der Waals surface area contributed by atoms with Gasteiger partial charge in [0.25, 0.3) is 0 Å². The lowest BCUT2D eigenvalue weighted by Crippen LogP contribution is -2.18. The van der Waals surface area contributed by atoms with Crippen molar-refractivity contribution >= 4 is 21.8 Å². The van der Waals surface area contributed by atoms with Gasteiger partial charge < -0.3 is 4.74 Å². The molecule has 252 valence electrons. The molecule has 0 saturated carbocycles. The Labute approximate surface area is 291 Å². The molecule has 0 radical (unpaired) electrons. The lowest BCUT2D eigenvalue weighted by atomic mass is 9.74. The van der Waals surface area contributed by atoms with Crippen LogP contribution in [0.25, 0.3) is 33.3 Å². The monoisotopic (exact) mass is 650 g/mol. The molecule has 0 spiro atoms. The maximum Gasteiger partial charge on any atom is 0.137 e. The van der Waals surface area contributed by atoms with Crippen LogP contribution in [0.1, 0.15) is 107 Å². The average molecular weight is 651 g/mol. The first-order valence-corrected chi connectivity index (χ1v) is 18.3. The van der Waals surface area contributed by atoms with Crippen LogP contribution >= 0.6 is 0 Å². The third-order valence-electron chi connectivity index (χ3n) is 10.4. The first kappa shape index (κ1) is 32.9. The first-order chi connectivity index (χ1) is 23.8. The molecule has 3 aromatic heterocycles. The van der Waals surface area contributed by atoms with Gasteiger partial charge in [-0.25, -0.2) is 9.67 Å². The van der Waals surface area contributed by atoms with Gasteiger partial charge in [-0.3, -0.25) is 4.57 Å². The molecule has 5 nitrogen and oxygen atoms in total. The number of ether oxygens (including phenoxy) is 1. The van der Waals surface area contributed by atoms with E-state index in [-0.39, 0.29) is 0 Å². The van der Waals surface area contributed by atoms with Gasteiger partial charge in [0.2, 0.25) is 0 Å². The second kappa shape index (κ2) is 13.7. The molecule has 3 heterocycles. The van der Waals surface area contributed by atoms with E-state index in [1.54, 1.807) is 0 Å². The molecule has 5 heteroatoms. The van der Waals surface area contributed by atoms with Crippen molar-refractivity contribution in [3.8, 4) is 23.0 Å². The molecule has 49 heavy (non-hydrogen) atoms. The van der Waals surface area contributed by atoms with Gasteiger partial charge in [-0.1, -0.05) is 77.3 Å². The summed E-state index contributed by atoms with van der Waals surface area (Å²) >= 11 is 0. The Bertz CT molecular complexity index is 2160. The van der Waals surface area contributed by atoms with E-state index in [0.717, 1.165) is 59.7 Å². The third-order valence-corrected chi connectivity index (χ3v) is 10.4. The number of hydrogen-bond acceptors (Lipinski definition) is 3. The van der Waals surface area contributed by atoms with Crippen molar-refractivity contribution in [1.29, 1.82) is 0 Å². The lowest BCUT2D eigenvalue weighted by Gasteiger charge is -2.30. The number of aryl methyl sites for hydroxylation is 2. The van der Waals surface area contributed by atoms with Gasteiger partial charge in [-0.05, 0) is 105 Å². The van der Waals surface area contributed by atoms with Crippen molar-refractivity contribution in [3.63, 3.8) is 0 Å². The minimum atomic E-state index is 0.336. The molecule has 7 rings (SSSR count). The Kier molecular flexibility index (Phi) is 9.19. The van der Waals surface area contributed by atoms with E-state index in [2.05, 4.69) is 131 Å². The number of para-hydroxylation sites is 1. The zero-order chi connectivity index (χ0) is 34.2. The van der Waals surface area contributed by atoms with Gasteiger partial charge in [-0.15, -0.1) is 0 Å². The lowest BCUT2D eigenvalue weighted by molar-refractivity contribution is 0.445. The van der Waals surface area contributed by atoms with Crippen molar-refractivity contribution in [2.75, 3.05) is 0 Å². The summed E-state index contributed by atoms with van der Waals surface area (Å²) in [6.45, 7) is 15.9. The number of hydrogen-bond donors (Lipinski definition) is 0. The fourth-order valence-electron chi connectivity index (χ4n) is 7.98. The van der Waals surface area contributed by atoms with Crippen molar-refractivity contribution in [3.05, 3.63) is 119 Å². The van der Waals surface area contributed by atoms with Crippen LogP contribution in [0.2, 0.25) is 0 Å². The quantitative estimate of drug-likeness (QED) is 0.139. The number of allylic oxidation sites excluding steroid dienone is 2. The molecule has 0 aliphatic heterocycles. The van der Waals surface area contributed by atoms with Gasteiger partial charge in [0.1, 0.15) is 17.3 Å². The van der Waals surface area contributed by atoms with E-state index in [0.29, 0.717) is 17.8 Å². The zero-order valence-electron chi connectivity index (χ0n) is 30.3. The summed E-state index contributed by atoms with van der Waals surface area (Å²) in [7, 11) is 0. The van der Waals surface area contributed by atoms with E-state index in [1.165, 1.54) is 57.3 Å². The maximum atomic E-state index is 6.80. The molecule has 0 N–H and O–H groups in total. The minimum absolute atomic E-state index is 0.336. The van der Waals surface area contributed by atoms with Crippen molar-refractivity contribution in [1.82, 2.24) is 19.3 Å². The summed E-state index contributed by atoms with van der Waals surface area (Å²) in [5.74, 6) is 3.91.